The Labute approximate surface area is 483 Å². The van der Waals surface area contributed by atoms with Crippen LogP contribution in [-0.2, 0) is 28.4 Å². The van der Waals surface area contributed by atoms with Crippen molar-refractivity contribution in [2.45, 2.75) is 193 Å². The van der Waals surface area contributed by atoms with Crippen LogP contribution in [0, 0.1) is 0 Å². The van der Waals surface area contributed by atoms with Crippen molar-refractivity contribution in [3.05, 3.63) is 47.5 Å². The second-order valence-corrected chi connectivity index (χ2v) is 51.1. The highest BCUT2D eigenvalue weighted by Gasteiger charge is 2.33. The Bertz CT molecular complexity index is 2550. The summed E-state index contributed by atoms with van der Waals surface area (Å²) in [6, 6.07) is 10.4. The topological polar surface area (TPSA) is 180 Å². The van der Waals surface area contributed by atoms with Gasteiger partial charge in [-0.1, -0.05) is 78.6 Å². The van der Waals surface area contributed by atoms with Crippen LogP contribution in [0.4, 0.5) is 21.2 Å². The molecule has 0 bridgehead atoms. The molecule has 2 amide bonds. The van der Waals surface area contributed by atoms with Crippen LogP contribution < -0.4 is 9.80 Å². The van der Waals surface area contributed by atoms with Gasteiger partial charge in [0.1, 0.15) is 49.8 Å². The van der Waals surface area contributed by atoms with Crippen molar-refractivity contribution in [1.29, 1.82) is 0 Å². The smallest absolute Gasteiger partial charge is 0.410 e. The Balaban J connectivity index is 0.000000294. The number of aldehydes is 1. The summed E-state index contributed by atoms with van der Waals surface area (Å²) in [5, 5.41) is 9.09. The predicted molar refractivity (Wildman–Crippen MR) is 332 cm³/mol. The Morgan fingerprint density at radius 2 is 0.975 bits per heavy atom. The zero-order valence-electron chi connectivity index (χ0n) is 52.4. The molecule has 0 radical (unpaired) electrons. The van der Waals surface area contributed by atoms with Gasteiger partial charge in [0, 0.05) is 115 Å². The monoisotopic (exact) mass is 1180 g/mol. The zero-order valence-corrected chi connectivity index (χ0v) is 56.4. The van der Waals surface area contributed by atoms with Crippen LogP contribution in [0.3, 0.4) is 0 Å². The molecule has 6 heterocycles. The maximum absolute atomic E-state index is 12.9. The fourth-order valence-corrected chi connectivity index (χ4v) is 11.8. The van der Waals surface area contributed by atoms with E-state index >= 15 is 0 Å². The Kier molecular flexibility index (Phi) is 24.0. The van der Waals surface area contributed by atoms with Gasteiger partial charge < -0.3 is 48.0 Å². The van der Waals surface area contributed by atoms with Crippen molar-refractivity contribution < 1.29 is 42.8 Å². The van der Waals surface area contributed by atoms with Gasteiger partial charge >= 0.3 is 12.2 Å². The maximum Gasteiger partial charge on any atom is 0.410 e. The van der Waals surface area contributed by atoms with Crippen LogP contribution in [0.2, 0.25) is 103 Å². The fraction of sp³-hybridized carbons (Fsp3) is 0.737. The SMILES string of the molecule is CC(C)(C)OC(=O)N1CCCC(c2cc(N(COCC[Si](C)(C)C)COCC[Si](C)(C)C)n3ncc(C=O)c3n2)C1.CC(C)(C)OC(=O)N1CCCC(c2cc(N(COCC[Si](C)(C)C)COCC[Si](C)(C)C)n3nccc3n2)C1. The molecule has 80 heavy (non-hydrogen) atoms. The van der Waals surface area contributed by atoms with Crippen molar-refractivity contribution in [1.82, 2.24) is 39.0 Å². The van der Waals surface area contributed by atoms with Crippen molar-refractivity contribution >= 4 is 73.7 Å². The molecular weight excluding hydrogens is 1080 g/mol. The van der Waals surface area contributed by atoms with Crippen LogP contribution >= 0.6 is 0 Å². The average Bonchev–Trinajstić information content (AvgIpc) is 4.03. The Morgan fingerprint density at radius 3 is 1.35 bits per heavy atom. The van der Waals surface area contributed by atoms with Gasteiger partial charge in [0.2, 0.25) is 0 Å². The van der Waals surface area contributed by atoms with Crippen LogP contribution in [-0.4, -0.2) is 180 Å². The van der Waals surface area contributed by atoms with Gasteiger partial charge in [-0.3, -0.25) is 4.79 Å². The predicted octanol–water partition coefficient (Wildman–Crippen LogP) is 12.4. The number of carbonyl (C=O) groups excluding carboxylic acids is 3. The quantitative estimate of drug-likeness (QED) is 0.0264. The molecule has 4 aromatic heterocycles. The molecular formula is C57H102N10O9Si4. The van der Waals surface area contributed by atoms with E-state index < -0.39 is 43.5 Å². The first kappa shape index (κ1) is 66.6. The van der Waals surface area contributed by atoms with Crippen LogP contribution in [0.25, 0.3) is 11.3 Å². The van der Waals surface area contributed by atoms with Gasteiger partial charge in [-0.15, -0.1) is 0 Å². The molecule has 0 N–H and O–H groups in total. The second-order valence-electron chi connectivity index (χ2n) is 28.6. The standard InChI is InChI=1S/C29H51N5O5Si2.C28H51N5O4Si2/c1-29(2,3)39-28(36)32-12-10-11-23(19-32)25-17-26(34-27(31-25)24(20-35)18-30-34)33(21-37-13-15-40(4,5)6)22-38-14-16-41(7,8)9;1-28(2,3)37-27(34)31-14-10-11-23(20-31)24-19-26(33-25(30-24)12-13-29-33)32(21-35-15-17-38(4,5)6)22-36-16-18-39(7,8)9/h17-18,20,23H,10-16,19,21-22H2,1-9H3;12-13,19,23H,10-11,14-18,20-22H2,1-9H3. The van der Waals surface area contributed by atoms with E-state index in [-0.39, 0.29) is 24.0 Å². The molecule has 19 nitrogen and oxygen atoms in total. The normalized spacial score (nSPS) is 16.9. The molecule has 4 aromatic rings. The fourth-order valence-electron chi connectivity index (χ4n) is 8.82. The van der Waals surface area contributed by atoms with Gasteiger partial charge in [0.25, 0.3) is 0 Å². The van der Waals surface area contributed by atoms with Crippen molar-refractivity contribution in [3.8, 4) is 0 Å². The lowest BCUT2D eigenvalue weighted by molar-refractivity contribution is 0.0187. The number of amides is 2. The summed E-state index contributed by atoms with van der Waals surface area (Å²) in [5.41, 5.74) is 2.40. The minimum absolute atomic E-state index is 0.00288. The van der Waals surface area contributed by atoms with E-state index in [1.165, 1.54) is 0 Å². The van der Waals surface area contributed by atoms with Gasteiger partial charge in [0.15, 0.2) is 17.6 Å². The first-order valence-corrected chi connectivity index (χ1v) is 44.0. The number of ether oxygens (including phenoxy) is 6. The zero-order chi connectivity index (χ0) is 59.3. The maximum atomic E-state index is 12.9. The molecule has 2 aliphatic rings. The van der Waals surface area contributed by atoms with E-state index in [0.29, 0.717) is 77.5 Å². The van der Waals surface area contributed by atoms with Gasteiger partial charge in [-0.05, 0) is 91.4 Å². The molecule has 2 saturated heterocycles. The van der Waals surface area contributed by atoms with E-state index in [0.717, 1.165) is 98.0 Å². The van der Waals surface area contributed by atoms with E-state index in [2.05, 4.69) is 99.7 Å². The summed E-state index contributed by atoms with van der Waals surface area (Å²) in [4.78, 5) is 55.2. The van der Waals surface area contributed by atoms with E-state index in [9.17, 15) is 14.4 Å². The lowest BCUT2D eigenvalue weighted by atomic mass is 9.94. The third-order valence-electron chi connectivity index (χ3n) is 13.6. The minimum Gasteiger partial charge on any atom is -0.444 e. The van der Waals surface area contributed by atoms with Crippen LogP contribution in [0.15, 0.2) is 30.6 Å². The van der Waals surface area contributed by atoms with Gasteiger partial charge in [-0.2, -0.15) is 19.2 Å². The highest BCUT2D eigenvalue weighted by molar-refractivity contribution is 6.77. The molecule has 23 heteroatoms. The first-order valence-electron chi connectivity index (χ1n) is 29.1. The molecule has 0 spiro atoms. The third kappa shape index (κ3) is 22.8. The lowest BCUT2D eigenvalue weighted by Gasteiger charge is -2.34. The number of rotatable bonds is 25. The lowest BCUT2D eigenvalue weighted by Crippen LogP contribution is -2.42. The van der Waals surface area contributed by atoms with Crippen LogP contribution in [0.5, 0.6) is 0 Å². The number of piperidine rings is 2. The number of fused-ring (bicyclic) bond motifs is 2. The summed E-state index contributed by atoms with van der Waals surface area (Å²) in [6.07, 6.45) is 7.15. The third-order valence-corrected chi connectivity index (χ3v) is 20.4. The number of likely N-dealkylation sites (tertiary alicyclic amines) is 2. The van der Waals surface area contributed by atoms with Crippen molar-refractivity contribution in [2.24, 2.45) is 0 Å². The molecule has 0 saturated carbocycles. The molecule has 2 unspecified atom stereocenters. The molecule has 6 rings (SSSR count). The first-order chi connectivity index (χ1) is 37.2. The highest BCUT2D eigenvalue weighted by atomic mass is 28.3. The summed E-state index contributed by atoms with van der Waals surface area (Å²) in [6.45, 7) is 46.3. The van der Waals surface area contributed by atoms with Gasteiger partial charge in [-0.25, -0.2) is 19.6 Å². The second kappa shape index (κ2) is 28.8. The molecule has 0 aromatic carbocycles. The van der Waals surface area contributed by atoms with E-state index in [1.807, 2.05) is 68.0 Å². The van der Waals surface area contributed by atoms with Gasteiger partial charge in [0.05, 0.1) is 29.3 Å². The average molecular weight is 1180 g/mol. The summed E-state index contributed by atoms with van der Waals surface area (Å²) < 4.78 is 39.6. The van der Waals surface area contributed by atoms with E-state index in [1.54, 1.807) is 21.8 Å². The number of hydrogen-bond donors (Lipinski definition) is 0. The summed E-state index contributed by atoms with van der Waals surface area (Å²) >= 11 is 0. The largest absolute Gasteiger partial charge is 0.444 e. The molecule has 2 atom stereocenters. The van der Waals surface area contributed by atoms with Crippen molar-refractivity contribution in [2.75, 3.05) is 89.3 Å². The molecule has 450 valence electrons. The molecule has 0 aliphatic carbocycles. The molecule has 2 fully saturated rings. The Hall–Kier alpha value is -4.24. The number of anilines is 2. The summed E-state index contributed by atoms with van der Waals surface area (Å²) in [5.74, 6) is 1.77. The Morgan fingerprint density at radius 1 is 0.588 bits per heavy atom. The van der Waals surface area contributed by atoms with E-state index in [4.69, 9.17) is 38.4 Å². The van der Waals surface area contributed by atoms with Crippen LogP contribution in [0.1, 0.15) is 101 Å². The number of nitrogens with zero attached hydrogens (tertiary/aromatic N) is 10. The molecule has 2 aliphatic heterocycles. The highest BCUT2D eigenvalue weighted by Crippen LogP contribution is 2.33. The number of aromatic nitrogens is 6. The van der Waals surface area contributed by atoms with Crippen molar-refractivity contribution in [3.63, 3.8) is 0 Å². The number of hydrogen-bond acceptors (Lipinski definition) is 15. The summed E-state index contributed by atoms with van der Waals surface area (Å²) in [7, 11) is -4.89. The number of carbonyl (C=O) groups is 3. The minimum atomic E-state index is -1.25.